The number of carbonyl (C=O) groups excluding carboxylic acids is 1. The van der Waals surface area contributed by atoms with Crippen LogP contribution >= 0.6 is 0 Å². The van der Waals surface area contributed by atoms with E-state index in [2.05, 4.69) is 11.9 Å². The van der Waals surface area contributed by atoms with Crippen LogP contribution in [0.25, 0.3) is 0 Å². The number of ether oxygens (including phenoxy) is 1. The third kappa shape index (κ3) is 3.13. The van der Waals surface area contributed by atoms with Crippen molar-refractivity contribution in [1.82, 2.24) is 4.98 Å². The molecule has 0 bridgehead atoms. The molecule has 19 heavy (non-hydrogen) atoms. The average Bonchev–Trinajstić information content (AvgIpc) is 2.40. The van der Waals surface area contributed by atoms with Crippen LogP contribution in [-0.4, -0.2) is 23.5 Å². The first-order valence-electron chi connectivity index (χ1n) is 6.84. The van der Waals surface area contributed by atoms with Crippen molar-refractivity contribution in [3.8, 4) is 0 Å². The number of methoxy groups -OCH3 is 1. The molecule has 104 valence electrons. The molecule has 2 N–H and O–H groups in total. The number of nitrogens with two attached hydrogens (primary N) is 1. The summed E-state index contributed by atoms with van der Waals surface area (Å²) < 4.78 is 5.59. The molecule has 4 heteroatoms. The Morgan fingerprint density at radius 1 is 1.53 bits per heavy atom. The van der Waals surface area contributed by atoms with E-state index >= 15 is 0 Å². The molecular formula is C15H22N2O2. The maximum atomic E-state index is 12.6. The largest absolute Gasteiger partial charge is 0.384 e. The van der Waals surface area contributed by atoms with Crippen molar-refractivity contribution in [1.29, 1.82) is 0 Å². The summed E-state index contributed by atoms with van der Waals surface area (Å²) in [5.74, 6) is 1.30. The predicted octanol–water partition coefficient (Wildman–Crippen LogP) is 2.37. The number of nitrogen functional groups attached to an aromatic ring is 1. The van der Waals surface area contributed by atoms with Gasteiger partial charge in [-0.1, -0.05) is 6.92 Å². The van der Waals surface area contributed by atoms with Crippen molar-refractivity contribution in [2.24, 2.45) is 5.92 Å². The van der Waals surface area contributed by atoms with Gasteiger partial charge in [0.25, 0.3) is 0 Å². The van der Waals surface area contributed by atoms with Gasteiger partial charge in [-0.15, -0.1) is 0 Å². The molecule has 2 rings (SSSR count). The number of nitrogens with zero attached hydrogens (tertiary/aromatic N) is 1. The first kappa shape index (κ1) is 14.0. The van der Waals surface area contributed by atoms with E-state index in [1.807, 2.05) is 6.07 Å². The first-order chi connectivity index (χ1) is 9.05. The summed E-state index contributed by atoms with van der Waals surface area (Å²) >= 11 is 0. The number of aromatic nitrogens is 1. The molecule has 1 aromatic heterocycles. The van der Waals surface area contributed by atoms with E-state index in [0.717, 1.165) is 31.2 Å². The van der Waals surface area contributed by atoms with Crippen LogP contribution < -0.4 is 5.73 Å². The van der Waals surface area contributed by atoms with Gasteiger partial charge in [-0.05, 0) is 49.3 Å². The van der Waals surface area contributed by atoms with Crippen LogP contribution in [0.2, 0.25) is 0 Å². The molecule has 4 nitrogen and oxygen atoms in total. The Morgan fingerprint density at radius 3 is 2.79 bits per heavy atom. The number of pyridine rings is 1. The fourth-order valence-electron chi connectivity index (χ4n) is 2.78. The normalized spacial score (nSPS) is 27.2. The third-order valence-corrected chi connectivity index (χ3v) is 4.19. The Bertz CT molecular complexity index is 451. The van der Waals surface area contributed by atoms with Crippen LogP contribution in [0, 0.1) is 5.92 Å². The smallest absolute Gasteiger partial charge is 0.168 e. The molecule has 1 saturated carbocycles. The highest BCUT2D eigenvalue weighted by Crippen LogP contribution is 2.35. The predicted molar refractivity (Wildman–Crippen MR) is 74.7 cm³/mol. The molecule has 1 aliphatic rings. The van der Waals surface area contributed by atoms with E-state index < -0.39 is 5.60 Å². The summed E-state index contributed by atoms with van der Waals surface area (Å²) in [5, 5.41) is 0. The summed E-state index contributed by atoms with van der Waals surface area (Å²) in [6.45, 7) is 2.23. The third-order valence-electron chi connectivity index (χ3n) is 4.19. The van der Waals surface area contributed by atoms with Crippen molar-refractivity contribution in [2.45, 2.75) is 44.6 Å². The number of hydrogen-bond donors (Lipinski definition) is 1. The fourth-order valence-corrected chi connectivity index (χ4v) is 2.78. The Balaban J connectivity index is 2.09. The Kier molecular flexibility index (Phi) is 4.20. The van der Waals surface area contributed by atoms with E-state index in [1.165, 1.54) is 0 Å². The second-order valence-corrected chi connectivity index (χ2v) is 5.57. The van der Waals surface area contributed by atoms with Crippen molar-refractivity contribution in [3.63, 3.8) is 0 Å². The lowest BCUT2D eigenvalue weighted by Gasteiger charge is -2.37. The van der Waals surface area contributed by atoms with Crippen LogP contribution in [0.15, 0.2) is 18.3 Å². The van der Waals surface area contributed by atoms with E-state index in [1.54, 1.807) is 19.4 Å². The van der Waals surface area contributed by atoms with Gasteiger partial charge in [0.2, 0.25) is 0 Å². The highest BCUT2D eigenvalue weighted by Gasteiger charge is 2.40. The summed E-state index contributed by atoms with van der Waals surface area (Å²) in [4.78, 5) is 16.5. The van der Waals surface area contributed by atoms with Gasteiger partial charge in [0.1, 0.15) is 11.4 Å². The van der Waals surface area contributed by atoms with E-state index in [0.29, 0.717) is 18.2 Å². The van der Waals surface area contributed by atoms with Gasteiger partial charge in [-0.2, -0.15) is 0 Å². The van der Waals surface area contributed by atoms with Crippen molar-refractivity contribution in [3.05, 3.63) is 23.9 Å². The zero-order valence-corrected chi connectivity index (χ0v) is 11.7. The molecule has 0 aliphatic heterocycles. The Labute approximate surface area is 114 Å². The SMILES string of the molecule is COC1(C(=O)Cc2ccnc(N)c2)CCC(C)CC1. The standard InChI is InChI=1S/C15H22N2O2/c1-11-3-6-15(19-2,7-4-11)13(18)9-12-5-8-17-14(16)10-12/h5,8,10-11H,3-4,6-7,9H2,1-2H3,(H2,16,17). The fraction of sp³-hybridized carbons (Fsp3) is 0.600. The van der Waals surface area contributed by atoms with Gasteiger partial charge in [-0.3, -0.25) is 4.79 Å². The second kappa shape index (κ2) is 5.70. The molecule has 0 unspecified atom stereocenters. The molecule has 1 aliphatic carbocycles. The van der Waals surface area contributed by atoms with E-state index in [9.17, 15) is 4.79 Å². The highest BCUT2D eigenvalue weighted by molar-refractivity contribution is 5.89. The zero-order valence-electron chi connectivity index (χ0n) is 11.7. The van der Waals surface area contributed by atoms with Crippen LogP contribution in [0.3, 0.4) is 0 Å². The summed E-state index contributed by atoms with van der Waals surface area (Å²) in [5.41, 5.74) is 5.96. The monoisotopic (exact) mass is 262 g/mol. The summed E-state index contributed by atoms with van der Waals surface area (Å²) in [6.07, 6.45) is 5.76. The molecule has 1 heterocycles. The Morgan fingerprint density at radius 2 is 2.21 bits per heavy atom. The number of rotatable bonds is 4. The van der Waals surface area contributed by atoms with Gasteiger partial charge in [0.15, 0.2) is 5.78 Å². The lowest BCUT2D eigenvalue weighted by atomic mass is 9.76. The van der Waals surface area contributed by atoms with Crippen LogP contribution in [0.4, 0.5) is 5.82 Å². The topological polar surface area (TPSA) is 65.2 Å². The second-order valence-electron chi connectivity index (χ2n) is 5.57. The number of anilines is 1. The van der Waals surface area contributed by atoms with Gasteiger partial charge in [0, 0.05) is 19.7 Å². The van der Waals surface area contributed by atoms with Crippen LogP contribution in [0.5, 0.6) is 0 Å². The molecule has 0 amide bonds. The van der Waals surface area contributed by atoms with E-state index in [-0.39, 0.29) is 5.78 Å². The van der Waals surface area contributed by atoms with Gasteiger partial charge in [0.05, 0.1) is 0 Å². The number of hydrogen-bond acceptors (Lipinski definition) is 4. The van der Waals surface area contributed by atoms with Crippen LogP contribution in [-0.2, 0) is 16.0 Å². The Hall–Kier alpha value is -1.42. The minimum absolute atomic E-state index is 0.160. The molecule has 0 aromatic carbocycles. The quantitative estimate of drug-likeness (QED) is 0.904. The molecule has 1 aromatic rings. The zero-order chi connectivity index (χ0) is 13.9. The minimum atomic E-state index is -0.593. The number of carbonyl (C=O) groups is 1. The number of Topliss-reactive ketones (excluding diaryl/α,β-unsaturated/α-hetero) is 1. The molecule has 0 atom stereocenters. The maximum Gasteiger partial charge on any atom is 0.168 e. The summed E-state index contributed by atoms with van der Waals surface area (Å²) in [6, 6.07) is 3.59. The van der Waals surface area contributed by atoms with E-state index in [4.69, 9.17) is 10.5 Å². The van der Waals surface area contributed by atoms with Crippen LogP contribution in [0.1, 0.15) is 38.2 Å². The average molecular weight is 262 g/mol. The van der Waals surface area contributed by atoms with Gasteiger partial charge >= 0.3 is 0 Å². The van der Waals surface area contributed by atoms with Gasteiger partial charge < -0.3 is 10.5 Å². The summed E-state index contributed by atoms with van der Waals surface area (Å²) in [7, 11) is 1.65. The highest BCUT2D eigenvalue weighted by atomic mass is 16.5. The lowest BCUT2D eigenvalue weighted by molar-refractivity contribution is -0.145. The lowest BCUT2D eigenvalue weighted by Crippen LogP contribution is -2.44. The molecule has 1 fully saturated rings. The first-order valence-corrected chi connectivity index (χ1v) is 6.84. The van der Waals surface area contributed by atoms with Crippen molar-refractivity contribution >= 4 is 11.6 Å². The molecule has 0 saturated heterocycles. The van der Waals surface area contributed by atoms with Gasteiger partial charge in [-0.25, -0.2) is 4.98 Å². The maximum absolute atomic E-state index is 12.6. The molecule has 0 radical (unpaired) electrons. The minimum Gasteiger partial charge on any atom is -0.384 e. The van der Waals surface area contributed by atoms with Crippen molar-refractivity contribution < 1.29 is 9.53 Å². The van der Waals surface area contributed by atoms with Crippen molar-refractivity contribution in [2.75, 3.05) is 12.8 Å². The number of ketones is 1. The molecular weight excluding hydrogens is 240 g/mol. The molecule has 0 spiro atoms.